The molecule has 0 saturated carbocycles. The van der Waals surface area contributed by atoms with Gasteiger partial charge in [0.25, 0.3) is 5.91 Å². The van der Waals surface area contributed by atoms with Crippen LogP contribution >= 0.6 is 0 Å². The topological polar surface area (TPSA) is 113 Å². The highest BCUT2D eigenvalue weighted by molar-refractivity contribution is 5.99. The van der Waals surface area contributed by atoms with E-state index in [0.29, 0.717) is 11.3 Å². The molecule has 1 aromatic carbocycles. The predicted molar refractivity (Wildman–Crippen MR) is 65.3 cm³/mol. The summed E-state index contributed by atoms with van der Waals surface area (Å²) in [6, 6.07) is 4.62. The minimum atomic E-state index is -0.328. The summed E-state index contributed by atoms with van der Waals surface area (Å²) in [4.78, 5) is 13.4. The van der Waals surface area contributed by atoms with Crippen LogP contribution in [0.4, 0.5) is 11.4 Å². The van der Waals surface area contributed by atoms with E-state index in [2.05, 4.69) is 0 Å². The third kappa shape index (κ3) is 3.33. The first kappa shape index (κ1) is 13.3. The van der Waals surface area contributed by atoms with Gasteiger partial charge in [0, 0.05) is 24.5 Å². The Hall–Kier alpha value is -1.79. The van der Waals surface area contributed by atoms with Crippen molar-refractivity contribution in [2.24, 2.45) is 0 Å². The van der Waals surface area contributed by atoms with Gasteiger partial charge in [0.05, 0.1) is 18.8 Å². The Morgan fingerprint density at radius 2 is 1.76 bits per heavy atom. The summed E-state index contributed by atoms with van der Waals surface area (Å²) in [6.07, 6.45) is 0. The molecular formula is C11H17N3O3. The van der Waals surface area contributed by atoms with Gasteiger partial charge in [-0.2, -0.15) is 0 Å². The van der Waals surface area contributed by atoms with Crippen LogP contribution in [-0.2, 0) is 0 Å². The molecule has 0 aliphatic carbocycles. The normalized spacial score (nSPS) is 10.2. The van der Waals surface area contributed by atoms with Crippen LogP contribution < -0.4 is 11.5 Å². The molecule has 6 nitrogen and oxygen atoms in total. The van der Waals surface area contributed by atoms with Crippen molar-refractivity contribution in [2.45, 2.75) is 0 Å². The van der Waals surface area contributed by atoms with Crippen LogP contribution in [0.2, 0.25) is 0 Å². The number of aliphatic hydroxyl groups is 2. The molecule has 17 heavy (non-hydrogen) atoms. The molecule has 0 aliphatic rings. The van der Waals surface area contributed by atoms with Crippen molar-refractivity contribution in [2.75, 3.05) is 37.8 Å². The number of nitrogens with two attached hydrogens (primary N) is 2. The molecule has 1 aromatic rings. The molecule has 0 atom stereocenters. The standard InChI is InChI=1S/C11H17N3O3/c12-8-1-2-9(10(13)7-8)11(17)14(3-5-15)4-6-16/h1-2,7,15-16H,3-6,12-13H2. The number of rotatable bonds is 5. The van der Waals surface area contributed by atoms with Gasteiger partial charge in [0.1, 0.15) is 0 Å². The molecule has 0 spiro atoms. The van der Waals surface area contributed by atoms with Crippen molar-refractivity contribution < 1.29 is 15.0 Å². The van der Waals surface area contributed by atoms with E-state index in [1.807, 2.05) is 0 Å². The first-order valence-corrected chi connectivity index (χ1v) is 5.26. The smallest absolute Gasteiger partial charge is 0.256 e. The van der Waals surface area contributed by atoms with Crippen molar-refractivity contribution in [1.82, 2.24) is 4.90 Å². The van der Waals surface area contributed by atoms with E-state index in [1.165, 1.54) is 17.0 Å². The molecule has 6 N–H and O–H groups in total. The van der Waals surface area contributed by atoms with Crippen LogP contribution in [0.25, 0.3) is 0 Å². The second-order valence-corrected chi connectivity index (χ2v) is 3.59. The molecule has 0 fully saturated rings. The van der Waals surface area contributed by atoms with Crippen LogP contribution in [0.1, 0.15) is 10.4 Å². The fourth-order valence-electron chi connectivity index (χ4n) is 1.50. The lowest BCUT2D eigenvalue weighted by Crippen LogP contribution is -2.36. The minimum Gasteiger partial charge on any atom is -0.399 e. The lowest BCUT2D eigenvalue weighted by molar-refractivity contribution is 0.0686. The van der Waals surface area contributed by atoms with E-state index < -0.39 is 0 Å². The van der Waals surface area contributed by atoms with Crippen molar-refractivity contribution >= 4 is 17.3 Å². The number of benzene rings is 1. The lowest BCUT2D eigenvalue weighted by atomic mass is 10.1. The number of nitrogens with zero attached hydrogens (tertiary/aromatic N) is 1. The first-order valence-electron chi connectivity index (χ1n) is 5.26. The Morgan fingerprint density at radius 1 is 1.18 bits per heavy atom. The largest absolute Gasteiger partial charge is 0.399 e. The molecule has 6 heteroatoms. The number of hydrogen-bond donors (Lipinski definition) is 4. The highest BCUT2D eigenvalue weighted by Gasteiger charge is 2.17. The number of aliphatic hydroxyl groups excluding tert-OH is 2. The molecule has 0 radical (unpaired) electrons. The second kappa shape index (κ2) is 6.07. The second-order valence-electron chi connectivity index (χ2n) is 3.59. The highest BCUT2D eigenvalue weighted by Crippen LogP contribution is 2.17. The van der Waals surface area contributed by atoms with Crippen LogP contribution in [0.5, 0.6) is 0 Å². The number of carbonyl (C=O) groups is 1. The van der Waals surface area contributed by atoms with Gasteiger partial charge in [0.2, 0.25) is 0 Å². The molecule has 0 aromatic heterocycles. The van der Waals surface area contributed by atoms with Gasteiger partial charge in [-0.15, -0.1) is 0 Å². The van der Waals surface area contributed by atoms with E-state index in [-0.39, 0.29) is 37.9 Å². The van der Waals surface area contributed by atoms with E-state index in [4.69, 9.17) is 21.7 Å². The maximum atomic E-state index is 12.0. The highest BCUT2D eigenvalue weighted by atomic mass is 16.3. The molecule has 0 bridgehead atoms. The summed E-state index contributed by atoms with van der Waals surface area (Å²) in [5, 5.41) is 17.7. The Morgan fingerprint density at radius 3 is 2.24 bits per heavy atom. The Kier molecular flexibility index (Phi) is 4.74. The summed E-state index contributed by atoms with van der Waals surface area (Å²) in [7, 11) is 0. The Balaban J connectivity index is 2.92. The monoisotopic (exact) mass is 239 g/mol. The average molecular weight is 239 g/mol. The SMILES string of the molecule is Nc1ccc(C(=O)N(CCO)CCO)c(N)c1. The average Bonchev–Trinajstić information content (AvgIpc) is 2.28. The zero-order valence-corrected chi connectivity index (χ0v) is 9.47. The number of anilines is 2. The molecule has 1 amide bonds. The van der Waals surface area contributed by atoms with Crippen LogP contribution in [0.3, 0.4) is 0 Å². The van der Waals surface area contributed by atoms with Crippen molar-refractivity contribution in [3.05, 3.63) is 23.8 Å². The van der Waals surface area contributed by atoms with Crippen LogP contribution in [0, 0.1) is 0 Å². The van der Waals surface area contributed by atoms with E-state index in [1.54, 1.807) is 6.07 Å². The minimum absolute atomic E-state index is 0.156. The molecular weight excluding hydrogens is 222 g/mol. The Labute approximate surface area is 99.4 Å². The number of carbonyl (C=O) groups excluding carboxylic acids is 1. The van der Waals surface area contributed by atoms with Crippen molar-refractivity contribution in [1.29, 1.82) is 0 Å². The maximum absolute atomic E-state index is 12.0. The lowest BCUT2D eigenvalue weighted by Gasteiger charge is -2.21. The summed E-state index contributed by atoms with van der Waals surface area (Å²) in [6.45, 7) is -0.0202. The summed E-state index contributed by atoms with van der Waals surface area (Å²) in [5.41, 5.74) is 12.3. The first-order chi connectivity index (χ1) is 8.10. The van der Waals surface area contributed by atoms with Gasteiger partial charge in [-0.1, -0.05) is 0 Å². The third-order valence-corrected chi connectivity index (χ3v) is 2.33. The number of nitrogen functional groups attached to an aromatic ring is 2. The molecule has 0 aliphatic heterocycles. The quantitative estimate of drug-likeness (QED) is 0.506. The molecule has 0 unspecified atom stereocenters. The van der Waals surface area contributed by atoms with Gasteiger partial charge in [-0.3, -0.25) is 4.79 Å². The van der Waals surface area contributed by atoms with Gasteiger partial charge in [-0.05, 0) is 18.2 Å². The van der Waals surface area contributed by atoms with Crippen molar-refractivity contribution in [3.8, 4) is 0 Å². The van der Waals surface area contributed by atoms with Gasteiger partial charge in [0.15, 0.2) is 0 Å². The fourth-order valence-corrected chi connectivity index (χ4v) is 1.50. The van der Waals surface area contributed by atoms with Crippen LogP contribution in [0.15, 0.2) is 18.2 Å². The van der Waals surface area contributed by atoms with E-state index in [9.17, 15) is 4.79 Å². The van der Waals surface area contributed by atoms with Gasteiger partial charge < -0.3 is 26.6 Å². The van der Waals surface area contributed by atoms with E-state index >= 15 is 0 Å². The molecule has 0 heterocycles. The maximum Gasteiger partial charge on any atom is 0.256 e. The van der Waals surface area contributed by atoms with Crippen molar-refractivity contribution in [3.63, 3.8) is 0 Å². The summed E-state index contributed by atoms with van der Waals surface area (Å²) in [5.74, 6) is -0.328. The zero-order chi connectivity index (χ0) is 12.8. The summed E-state index contributed by atoms with van der Waals surface area (Å²) < 4.78 is 0. The van der Waals surface area contributed by atoms with Gasteiger partial charge >= 0.3 is 0 Å². The number of amides is 1. The molecule has 1 rings (SSSR count). The molecule has 94 valence electrons. The van der Waals surface area contributed by atoms with Gasteiger partial charge in [-0.25, -0.2) is 0 Å². The summed E-state index contributed by atoms with van der Waals surface area (Å²) >= 11 is 0. The Bertz CT molecular complexity index is 390. The predicted octanol–water partition coefficient (Wildman–Crippen LogP) is -0.722. The molecule has 0 saturated heterocycles. The third-order valence-electron chi connectivity index (χ3n) is 2.33. The fraction of sp³-hybridized carbons (Fsp3) is 0.364. The van der Waals surface area contributed by atoms with E-state index in [0.717, 1.165) is 0 Å². The zero-order valence-electron chi connectivity index (χ0n) is 9.47. The van der Waals surface area contributed by atoms with Crippen LogP contribution in [-0.4, -0.2) is 47.3 Å². The number of hydrogen-bond acceptors (Lipinski definition) is 5.